The van der Waals surface area contributed by atoms with E-state index >= 15 is 0 Å². The molecule has 3 rings (SSSR count). The van der Waals surface area contributed by atoms with Crippen LogP contribution in [0.15, 0.2) is 84.7 Å². The highest BCUT2D eigenvalue weighted by atomic mass is 19.1. The number of benzene rings is 1. The van der Waals surface area contributed by atoms with E-state index in [1.54, 1.807) is 13.2 Å². The predicted octanol–water partition coefficient (Wildman–Crippen LogP) is 7.35. The van der Waals surface area contributed by atoms with E-state index in [9.17, 15) is 4.39 Å². The maximum atomic E-state index is 12.7. The summed E-state index contributed by atoms with van der Waals surface area (Å²) in [5.41, 5.74) is 4.96. The number of unbranched alkanes of at least 4 members (excludes halogenated alkanes) is 1. The molecule has 1 aromatic carbocycles. The van der Waals surface area contributed by atoms with E-state index in [0.717, 1.165) is 31.4 Å². The standard InChI is InChI=1S/C26H30FNO.C2H2/c1-20-13-16-24-12-8-9-17-28(24)19-25(20)23-15-14-22(26(18-23)29-3)11-7-5-4-6-10-21(2)27;1-2/h4,6,8-10,12,14-20H,5,7,11,13H2,1-3H3;1-2H/b6-4-,21-10+;. The molecule has 0 saturated carbocycles. The summed E-state index contributed by atoms with van der Waals surface area (Å²) in [5, 5.41) is 0. The van der Waals surface area contributed by atoms with Crippen LogP contribution in [0.5, 0.6) is 5.75 Å². The van der Waals surface area contributed by atoms with Crippen molar-refractivity contribution in [2.45, 2.75) is 39.5 Å². The van der Waals surface area contributed by atoms with Crippen molar-refractivity contribution in [3.63, 3.8) is 0 Å². The van der Waals surface area contributed by atoms with Crippen molar-refractivity contribution in [3.05, 3.63) is 95.8 Å². The number of fused-ring (bicyclic) bond motifs is 1. The molecule has 0 bridgehead atoms. The third-order valence-electron chi connectivity index (χ3n) is 5.31. The van der Waals surface area contributed by atoms with Gasteiger partial charge in [-0.05, 0) is 79.5 Å². The van der Waals surface area contributed by atoms with Crippen molar-refractivity contribution in [1.82, 2.24) is 4.90 Å². The van der Waals surface area contributed by atoms with Crippen molar-refractivity contribution >= 4 is 5.57 Å². The minimum absolute atomic E-state index is 0.168. The van der Waals surface area contributed by atoms with Crippen molar-refractivity contribution in [2.24, 2.45) is 5.92 Å². The van der Waals surface area contributed by atoms with Crippen molar-refractivity contribution in [3.8, 4) is 18.6 Å². The first-order valence-corrected chi connectivity index (χ1v) is 10.6. The zero-order chi connectivity index (χ0) is 22.6. The fourth-order valence-electron chi connectivity index (χ4n) is 3.66. The van der Waals surface area contributed by atoms with E-state index in [1.165, 1.54) is 35.4 Å². The second kappa shape index (κ2) is 12.4. The van der Waals surface area contributed by atoms with Gasteiger partial charge < -0.3 is 9.64 Å². The van der Waals surface area contributed by atoms with Crippen LogP contribution in [0.4, 0.5) is 4.39 Å². The number of ether oxygens (including phenoxy) is 1. The summed E-state index contributed by atoms with van der Waals surface area (Å²) >= 11 is 0. The molecule has 0 saturated heterocycles. The normalized spacial score (nSPS) is 17.9. The van der Waals surface area contributed by atoms with E-state index in [-0.39, 0.29) is 5.83 Å². The minimum atomic E-state index is -0.168. The first-order valence-electron chi connectivity index (χ1n) is 10.6. The van der Waals surface area contributed by atoms with Gasteiger partial charge in [0.05, 0.1) is 12.9 Å². The van der Waals surface area contributed by atoms with Gasteiger partial charge in [-0.3, -0.25) is 0 Å². The predicted molar refractivity (Wildman–Crippen MR) is 130 cm³/mol. The van der Waals surface area contributed by atoms with Crippen molar-refractivity contribution in [1.29, 1.82) is 0 Å². The van der Waals surface area contributed by atoms with Gasteiger partial charge in [0.25, 0.3) is 0 Å². The van der Waals surface area contributed by atoms with Crippen LogP contribution in [0.2, 0.25) is 0 Å². The maximum Gasteiger partial charge on any atom is 0.122 e. The van der Waals surface area contributed by atoms with Gasteiger partial charge in [0.15, 0.2) is 0 Å². The molecule has 2 aliphatic heterocycles. The van der Waals surface area contributed by atoms with E-state index in [1.807, 2.05) is 6.08 Å². The molecular formula is C28H32FNO. The monoisotopic (exact) mass is 417 g/mol. The number of rotatable bonds is 7. The summed E-state index contributed by atoms with van der Waals surface area (Å²) in [6, 6.07) is 6.55. The SMILES string of the molecule is C#C.COc1cc(C2=CN3C=CC=CC3=CCC2C)ccc1CCC/C=C\C=C(/C)F. The average molecular weight is 418 g/mol. The molecule has 2 aliphatic rings. The highest BCUT2D eigenvalue weighted by Gasteiger charge is 2.18. The maximum absolute atomic E-state index is 12.7. The van der Waals surface area contributed by atoms with E-state index < -0.39 is 0 Å². The van der Waals surface area contributed by atoms with E-state index in [0.29, 0.717) is 5.92 Å². The minimum Gasteiger partial charge on any atom is -0.496 e. The molecule has 0 radical (unpaired) electrons. The van der Waals surface area contributed by atoms with Gasteiger partial charge in [-0.25, -0.2) is 4.39 Å². The number of terminal acetylenes is 1. The highest BCUT2D eigenvalue weighted by molar-refractivity contribution is 5.70. The first-order chi connectivity index (χ1) is 15.1. The molecule has 2 nitrogen and oxygen atoms in total. The Morgan fingerprint density at radius 3 is 2.84 bits per heavy atom. The lowest BCUT2D eigenvalue weighted by molar-refractivity contribution is 0.409. The molecule has 162 valence electrons. The second-order valence-electron chi connectivity index (χ2n) is 7.56. The summed E-state index contributed by atoms with van der Waals surface area (Å²) in [5.74, 6) is 1.20. The number of hydrogen-bond acceptors (Lipinski definition) is 2. The summed E-state index contributed by atoms with van der Waals surface area (Å²) in [6.45, 7) is 3.73. The quantitative estimate of drug-likeness (QED) is 0.261. The van der Waals surface area contributed by atoms with E-state index in [4.69, 9.17) is 4.74 Å². The molecule has 0 aromatic heterocycles. The molecule has 2 heterocycles. The number of aryl methyl sites for hydroxylation is 1. The molecule has 0 spiro atoms. The Kier molecular flexibility index (Phi) is 9.65. The molecule has 1 aromatic rings. The fraction of sp³-hybridized carbons (Fsp3) is 0.286. The molecule has 0 amide bonds. The third-order valence-corrected chi connectivity index (χ3v) is 5.31. The van der Waals surface area contributed by atoms with Crippen LogP contribution in [-0.2, 0) is 6.42 Å². The Morgan fingerprint density at radius 2 is 2.10 bits per heavy atom. The van der Waals surface area contributed by atoms with Crippen LogP contribution < -0.4 is 4.74 Å². The summed E-state index contributed by atoms with van der Waals surface area (Å²) in [4.78, 5) is 2.19. The average Bonchev–Trinajstić information content (AvgIpc) is 2.96. The van der Waals surface area contributed by atoms with Crippen molar-refractivity contribution < 1.29 is 9.13 Å². The first kappa shape index (κ1) is 24.0. The molecule has 0 N–H and O–H groups in total. The lowest BCUT2D eigenvalue weighted by Gasteiger charge is -2.21. The Morgan fingerprint density at radius 1 is 1.29 bits per heavy atom. The Hall–Kier alpha value is -3.25. The van der Waals surface area contributed by atoms with Crippen molar-refractivity contribution in [2.75, 3.05) is 7.11 Å². The van der Waals surface area contributed by atoms with Gasteiger partial charge in [-0.2, -0.15) is 0 Å². The Labute approximate surface area is 186 Å². The second-order valence-corrected chi connectivity index (χ2v) is 7.56. The smallest absolute Gasteiger partial charge is 0.122 e. The van der Waals surface area contributed by atoms with Crippen LogP contribution in [0.1, 0.15) is 44.2 Å². The fourth-order valence-corrected chi connectivity index (χ4v) is 3.66. The topological polar surface area (TPSA) is 12.5 Å². The van der Waals surface area contributed by atoms with Crippen LogP contribution >= 0.6 is 0 Å². The Balaban J connectivity index is 0.00000166. The van der Waals surface area contributed by atoms with Gasteiger partial charge >= 0.3 is 0 Å². The lowest BCUT2D eigenvalue weighted by atomic mass is 9.91. The summed E-state index contributed by atoms with van der Waals surface area (Å²) in [6.07, 6.45) is 30.1. The van der Waals surface area contributed by atoms with Crippen LogP contribution in [0.3, 0.4) is 0 Å². The van der Waals surface area contributed by atoms with Crippen LogP contribution in [-0.4, -0.2) is 12.0 Å². The van der Waals surface area contributed by atoms with Crippen LogP contribution in [0.25, 0.3) is 5.57 Å². The van der Waals surface area contributed by atoms with Gasteiger partial charge in [0.1, 0.15) is 5.75 Å². The summed E-state index contributed by atoms with van der Waals surface area (Å²) < 4.78 is 18.4. The van der Waals surface area contributed by atoms with Gasteiger partial charge in [-0.1, -0.05) is 43.4 Å². The zero-order valence-corrected chi connectivity index (χ0v) is 18.7. The number of halogens is 1. The van der Waals surface area contributed by atoms with Gasteiger partial charge in [0.2, 0.25) is 0 Å². The summed E-state index contributed by atoms with van der Waals surface area (Å²) in [7, 11) is 1.74. The van der Waals surface area contributed by atoms with Crippen LogP contribution in [0, 0.1) is 18.8 Å². The molecule has 0 aliphatic carbocycles. The number of methoxy groups -OCH3 is 1. The van der Waals surface area contributed by atoms with E-state index in [2.05, 4.69) is 79.6 Å². The largest absolute Gasteiger partial charge is 0.496 e. The third kappa shape index (κ3) is 6.89. The van der Waals surface area contributed by atoms with Gasteiger partial charge in [0, 0.05) is 18.1 Å². The highest BCUT2D eigenvalue weighted by Crippen LogP contribution is 2.35. The molecular weight excluding hydrogens is 385 g/mol. The number of hydrogen-bond donors (Lipinski definition) is 0. The molecule has 3 heteroatoms. The lowest BCUT2D eigenvalue weighted by Crippen LogP contribution is -2.09. The molecule has 31 heavy (non-hydrogen) atoms. The molecule has 1 atom stereocenters. The zero-order valence-electron chi connectivity index (χ0n) is 18.7. The number of allylic oxidation sites excluding steroid dienone is 9. The Bertz CT molecular complexity index is 939. The molecule has 0 fully saturated rings. The van der Waals surface area contributed by atoms with Gasteiger partial charge in [-0.15, -0.1) is 12.8 Å². The molecule has 1 unspecified atom stereocenters. The number of nitrogens with zero attached hydrogens (tertiary/aromatic N) is 1.